The van der Waals surface area contributed by atoms with Crippen LogP contribution in [0.1, 0.15) is 12.8 Å². The highest BCUT2D eigenvalue weighted by Gasteiger charge is 2.29. The first kappa shape index (κ1) is 11.2. The Morgan fingerprint density at radius 1 is 1.33 bits per heavy atom. The Labute approximate surface area is 105 Å². The summed E-state index contributed by atoms with van der Waals surface area (Å²) < 4.78 is 16.0. The highest BCUT2D eigenvalue weighted by Crippen LogP contribution is 2.35. The van der Waals surface area contributed by atoms with E-state index in [9.17, 15) is 4.79 Å². The van der Waals surface area contributed by atoms with E-state index in [2.05, 4.69) is 5.32 Å². The highest BCUT2D eigenvalue weighted by atomic mass is 16.7. The lowest BCUT2D eigenvalue weighted by Crippen LogP contribution is -2.29. The molecule has 1 N–H and O–H groups in total. The summed E-state index contributed by atoms with van der Waals surface area (Å²) in [6.07, 6.45) is 2.05. The molecule has 0 radical (unpaired) electrons. The van der Waals surface area contributed by atoms with Crippen LogP contribution in [0, 0.1) is 5.92 Å². The second-order valence-electron chi connectivity index (χ2n) is 4.43. The molecule has 1 aromatic rings. The third-order valence-corrected chi connectivity index (χ3v) is 2.96. The van der Waals surface area contributed by atoms with Crippen LogP contribution in [0.25, 0.3) is 0 Å². The number of carbonyl (C=O) groups excluding carboxylic acids is 1. The molecule has 18 heavy (non-hydrogen) atoms. The first-order valence-corrected chi connectivity index (χ1v) is 6.13. The Morgan fingerprint density at radius 3 is 3.00 bits per heavy atom. The monoisotopic (exact) mass is 249 g/mol. The van der Waals surface area contributed by atoms with Gasteiger partial charge in [0.05, 0.1) is 6.54 Å². The van der Waals surface area contributed by atoms with Gasteiger partial charge in [-0.3, -0.25) is 4.79 Å². The average molecular weight is 249 g/mol. The first-order chi connectivity index (χ1) is 8.83. The molecule has 0 spiro atoms. The minimum atomic E-state index is 0.143. The largest absolute Gasteiger partial charge is 0.492 e. The Bertz CT molecular complexity index is 456. The Morgan fingerprint density at radius 2 is 2.17 bits per heavy atom. The number of fused-ring (bicyclic) bond motifs is 1. The van der Waals surface area contributed by atoms with Crippen LogP contribution in [-0.4, -0.2) is 25.9 Å². The molecule has 5 nitrogen and oxygen atoms in total. The average Bonchev–Trinajstić information content (AvgIpc) is 3.13. The van der Waals surface area contributed by atoms with E-state index in [1.165, 1.54) is 0 Å². The minimum Gasteiger partial charge on any atom is -0.492 e. The fourth-order valence-electron chi connectivity index (χ4n) is 1.80. The topological polar surface area (TPSA) is 56.8 Å². The predicted molar refractivity (Wildman–Crippen MR) is 63.8 cm³/mol. The van der Waals surface area contributed by atoms with Crippen molar-refractivity contribution < 1.29 is 19.0 Å². The summed E-state index contributed by atoms with van der Waals surface area (Å²) in [7, 11) is 0. The van der Waals surface area contributed by atoms with Gasteiger partial charge in [-0.1, -0.05) is 0 Å². The van der Waals surface area contributed by atoms with Gasteiger partial charge in [0.15, 0.2) is 11.5 Å². The number of ether oxygens (including phenoxy) is 3. The van der Waals surface area contributed by atoms with Gasteiger partial charge in [-0.25, -0.2) is 0 Å². The van der Waals surface area contributed by atoms with Gasteiger partial charge in [-0.05, 0) is 25.0 Å². The van der Waals surface area contributed by atoms with E-state index in [0.29, 0.717) is 18.9 Å². The molecule has 1 amide bonds. The molecule has 0 bridgehead atoms. The maximum atomic E-state index is 11.4. The number of rotatable bonds is 5. The molecule has 5 heteroatoms. The molecule has 96 valence electrons. The van der Waals surface area contributed by atoms with Crippen molar-refractivity contribution in [1.29, 1.82) is 0 Å². The number of amides is 1. The summed E-state index contributed by atoms with van der Waals surface area (Å²) >= 11 is 0. The number of hydrogen-bond acceptors (Lipinski definition) is 4. The summed E-state index contributed by atoms with van der Waals surface area (Å²) in [4.78, 5) is 11.4. The van der Waals surface area contributed by atoms with Crippen LogP contribution in [0.3, 0.4) is 0 Å². The van der Waals surface area contributed by atoms with Crippen LogP contribution in [0.2, 0.25) is 0 Å². The first-order valence-electron chi connectivity index (χ1n) is 6.13. The fraction of sp³-hybridized carbons (Fsp3) is 0.462. The molecular formula is C13H15NO4. The van der Waals surface area contributed by atoms with Crippen molar-refractivity contribution in [2.24, 2.45) is 5.92 Å². The second-order valence-corrected chi connectivity index (χ2v) is 4.43. The molecule has 2 aliphatic rings. The van der Waals surface area contributed by atoms with Crippen LogP contribution in [0.15, 0.2) is 18.2 Å². The van der Waals surface area contributed by atoms with Crippen molar-refractivity contribution in [1.82, 2.24) is 5.32 Å². The zero-order valence-corrected chi connectivity index (χ0v) is 9.98. The predicted octanol–water partition coefficient (Wildman–Crippen LogP) is 1.32. The van der Waals surface area contributed by atoms with Crippen molar-refractivity contribution in [2.75, 3.05) is 19.9 Å². The Balaban J connectivity index is 1.43. The maximum Gasteiger partial charge on any atom is 0.231 e. The van der Waals surface area contributed by atoms with Gasteiger partial charge in [0.1, 0.15) is 12.4 Å². The Kier molecular flexibility index (Phi) is 2.96. The van der Waals surface area contributed by atoms with Crippen molar-refractivity contribution in [3.8, 4) is 17.2 Å². The van der Waals surface area contributed by atoms with Crippen LogP contribution >= 0.6 is 0 Å². The fourth-order valence-corrected chi connectivity index (χ4v) is 1.80. The molecule has 0 atom stereocenters. The van der Waals surface area contributed by atoms with Crippen LogP contribution < -0.4 is 19.5 Å². The summed E-state index contributed by atoms with van der Waals surface area (Å²) in [6, 6.07) is 5.45. The van der Waals surface area contributed by atoms with E-state index in [0.717, 1.165) is 24.3 Å². The van der Waals surface area contributed by atoms with E-state index in [4.69, 9.17) is 14.2 Å². The van der Waals surface area contributed by atoms with Gasteiger partial charge in [-0.15, -0.1) is 0 Å². The third kappa shape index (κ3) is 2.50. The third-order valence-electron chi connectivity index (χ3n) is 2.96. The minimum absolute atomic E-state index is 0.143. The molecule has 1 aliphatic carbocycles. The summed E-state index contributed by atoms with van der Waals surface area (Å²) in [5, 5.41) is 2.85. The van der Waals surface area contributed by atoms with Crippen LogP contribution in [-0.2, 0) is 4.79 Å². The molecule has 0 saturated heterocycles. The Hall–Kier alpha value is -1.91. The van der Waals surface area contributed by atoms with Crippen molar-refractivity contribution in [3.05, 3.63) is 18.2 Å². The van der Waals surface area contributed by atoms with E-state index >= 15 is 0 Å². The van der Waals surface area contributed by atoms with E-state index in [1.54, 1.807) is 6.07 Å². The summed E-state index contributed by atoms with van der Waals surface area (Å²) in [6.45, 7) is 1.25. The van der Waals surface area contributed by atoms with Crippen LogP contribution in [0.5, 0.6) is 17.2 Å². The van der Waals surface area contributed by atoms with Gasteiger partial charge in [0, 0.05) is 12.0 Å². The van der Waals surface area contributed by atoms with Crippen molar-refractivity contribution >= 4 is 5.91 Å². The lowest BCUT2D eigenvalue weighted by atomic mass is 10.3. The molecule has 1 heterocycles. The summed E-state index contributed by atoms with van der Waals surface area (Å²) in [5.41, 5.74) is 0. The van der Waals surface area contributed by atoms with E-state index in [1.807, 2.05) is 12.1 Å². The summed E-state index contributed by atoms with van der Waals surface area (Å²) in [5.74, 6) is 2.55. The van der Waals surface area contributed by atoms with Gasteiger partial charge in [0.25, 0.3) is 0 Å². The molecule has 0 unspecified atom stereocenters. The number of hydrogen-bond donors (Lipinski definition) is 1. The van der Waals surface area contributed by atoms with E-state index < -0.39 is 0 Å². The number of benzene rings is 1. The molecule has 1 aliphatic heterocycles. The van der Waals surface area contributed by atoms with Gasteiger partial charge in [-0.2, -0.15) is 0 Å². The lowest BCUT2D eigenvalue weighted by molar-refractivity contribution is -0.122. The lowest BCUT2D eigenvalue weighted by Gasteiger charge is -2.07. The maximum absolute atomic E-state index is 11.4. The van der Waals surface area contributed by atoms with Crippen molar-refractivity contribution in [3.63, 3.8) is 0 Å². The molecule has 1 fully saturated rings. The zero-order valence-electron chi connectivity index (χ0n) is 9.98. The van der Waals surface area contributed by atoms with Gasteiger partial charge < -0.3 is 19.5 Å². The van der Waals surface area contributed by atoms with Gasteiger partial charge in [0.2, 0.25) is 12.7 Å². The number of nitrogens with one attached hydrogen (secondary N) is 1. The molecule has 1 saturated carbocycles. The van der Waals surface area contributed by atoms with Crippen molar-refractivity contribution in [2.45, 2.75) is 12.8 Å². The quantitative estimate of drug-likeness (QED) is 0.800. The number of carbonyl (C=O) groups is 1. The smallest absolute Gasteiger partial charge is 0.231 e. The molecule has 1 aromatic carbocycles. The highest BCUT2D eigenvalue weighted by molar-refractivity contribution is 5.80. The molecular weight excluding hydrogens is 234 g/mol. The zero-order chi connectivity index (χ0) is 12.4. The SMILES string of the molecule is O=C(NCCOc1ccc2c(c1)OCO2)C1CC1. The standard InChI is InChI=1S/C13H15NO4/c15-13(9-1-2-9)14-5-6-16-10-3-4-11-12(7-10)18-8-17-11/h3-4,7,9H,1-2,5-6,8H2,(H,14,15). The molecule has 3 rings (SSSR count). The normalized spacial score (nSPS) is 16.4. The second kappa shape index (κ2) is 4.76. The van der Waals surface area contributed by atoms with E-state index in [-0.39, 0.29) is 18.6 Å². The van der Waals surface area contributed by atoms with Gasteiger partial charge >= 0.3 is 0 Å². The van der Waals surface area contributed by atoms with Crippen LogP contribution in [0.4, 0.5) is 0 Å². The molecule has 0 aromatic heterocycles.